The highest BCUT2D eigenvalue weighted by atomic mass is 127. The van der Waals surface area contributed by atoms with E-state index in [0.29, 0.717) is 13.2 Å². The third kappa shape index (κ3) is 6.94. The van der Waals surface area contributed by atoms with Crippen LogP contribution in [-0.2, 0) is 30.5 Å². The predicted octanol–water partition coefficient (Wildman–Crippen LogP) is 3.28. The standard InChI is InChI=1S/C22H34N6O.HI/c1-4-21-27-25-16-28(21)13-11-23-22(24-12-14-29-3)26-17(2)19-10-9-18-7-5-6-8-20(18)15-19;/h9-10,15-17H,4-8,11-14H2,1-3H3,(H2,23,24,26);1H. The largest absolute Gasteiger partial charge is 0.383 e. The van der Waals surface area contributed by atoms with Gasteiger partial charge in [-0.1, -0.05) is 25.1 Å². The van der Waals surface area contributed by atoms with E-state index in [-0.39, 0.29) is 30.0 Å². The van der Waals surface area contributed by atoms with E-state index in [1.165, 1.54) is 42.4 Å². The number of nitrogens with one attached hydrogen (secondary N) is 2. The Bertz CT molecular complexity index is 807. The minimum Gasteiger partial charge on any atom is -0.383 e. The first-order chi connectivity index (χ1) is 14.2. The molecule has 7 nitrogen and oxygen atoms in total. The van der Waals surface area contributed by atoms with Gasteiger partial charge in [-0.15, -0.1) is 34.2 Å². The van der Waals surface area contributed by atoms with E-state index in [4.69, 9.17) is 4.74 Å². The molecule has 166 valence electrons. The van der Waals surface area contributed by atoms with Crippen LogP contribution < -0.4 is 10.6 Å². The highest BCUT2D eigenvalue weighted by Gasteiger charge is 2.13. The number of benzene rings is 1. The van der Waals surface area contributed by atoms with Crippen molar-refractivity contribution < 1.29 is 4.74 Å². The lowest BCUT2D eigenvalue weighted by molar-refractivity contribution is 0.208. The molecule has 0 radical (unpaired) electrons. The van der Waals surface area contributed by atoms with Gasteiger partial charge in [0.2, 0.25) is 0 Å². The molecule has 0 amide bonds. The zero-order valence-electron chi connectivity index (χ0n) is 18.4. The van der Waals surface area contributed by atoms with E-state index >= 15 is 0 Å². The maximum Gasteiger partial charge on any atom is 0.191 e. The number of aryl methyl sites for hydroxylation is 3. The van der Waals surface area contributed by atoms with Crippen molar-refractivity contribution in [2.45, 2.75) is 58.5 Å². The molecule has 0 fully saturated rings. The minimum absolute atomic E-state index is 0. The van der Waals surface area contributed by atoms with E-state index in [0.717, 1.165) is 31.3 Å². The summed E-state index contributed by atoms with van der Waals surface area (Å²) in [5, 5.41) is 15.1. The Labute approximate surface area is 197 Å². The zero-order valence-corrected chi connectivity index (χ0v) is 20.7. The molecule has 1 unspecified atom stereocenters. The fraction of sp³-hybridized carbons (Fsp3) is 0.591. The Morgan fingerprint density at radius 3 is 2.83 bits per heavy atom. The fourth-order valence-electron chi connectivity index (χ4n) is 3.75. The molecule has 1 aromatic carbocycles. The van der Waals surface area contributed by atoms with Gasteiger partial charge >= 0.3 is 0 Å². The highest BCUT2D eigenvalue weighted by molar-refractivity contribution is 14.0. The van der Waals surface area contributed by atoms with Crippen LogP contribution in [0.2, 0.25) is 0 Å². The van der Waals surface area contributed by atoms with Gasteiger partial charge in [-0.2, -0.15) is 0 Å². The predicted molar refractivity (Wildman–Crippen MR) is 132 cm³/mol. The first-order valence-corrected chi connectivity index (χ1v) is 10.7. The van der Waals surface area contributed by atoms with Gasteiger partial charge in [-0.3, -0.25) is 4.99 Å². The highest BCUT2D eigenvalue weighted by Crippen LogP contribution is 2.24. The number of nitrogens with zero attached hydrogens (tertiary/aromatic N) is 4. The molecule has 8 heteroatoms. The van der Waals surface area contributed by atoms with Crippen molar-refractivity contribution in [2.24, 2.45) is 4.99 Å². The quantitative estimate of drug-likeness (QED) is 0.227. The Balaban J connectivity index is 0.00000320. The van der Waals surface area contributed by atoms with E-state index in [9.17, 15) is 0 Å². The SMILES string of the molecule is CCc1nncn1CCNC(=NCCOC)NC(C)c1ccc2c(c1)CCCC2.I. The number of aliphatic imine (C=N–C) groups is 1. The Morgan fingerprint density at radius 2 is 2.07 bits per heavy atom. The molecule has 1 aliphatic rings. The van der Waals surface area contributed by atoms with Gasteiger partial charge in [0.05, 0.1) is 19.2 Å². The van der Waals surface area contributed by atoms with E-state index < -0.39 is 0 Å². The van der Waals surface area contributed by atoms with Gasteiger partial charge in [0.25, 0.3) is 0 Å². The molecule has 1 aromatic heterocycles. The Morgan fingerprint density at radius 1 is 1.27 bits per heavy atom. The lowest BCUT2D eigenvalue weighted by Crippen LogP contribution is -2.40. The summed E-state index contributed by atoms with van der Waals surface area (Å²) in [6, 6.07) is 7.09. The maximum atomic E-state index is 5.15. The van der Waals surface area contributed by atoms with Crippen LogP contribution in [0.1, 0.15) is 55.2 Å². The van der Waals surface area contributed by atoms with Crippen molar-refractivity contribution in [3.05, 3.63) is 47.0 Å². The van der Waals surface area contributed by atoms with E-state index in [1.54, 1.807) is 13.4 Å². The number of hydrogen-bond donors (Lipinski definition) is 2. The van der Waals surface area contributed by atoms with Gasteiger partial charge in [0.1, 0.15) is 12.2 Å². The molecule has 0 bridgehead atoms. The minimum atomic E-state index is 0. The molecule has 2 aromatic rings. The van der Waals surface area contributed by atoms with Gasteiger partial charge in [0, 0.05) is 26.6 Å². The first kappa shape index (κ1) is 24.6. The van der Waals surface area contributed by atoms with Crippen molar-refractivity contribution in [3.63, 3.8) is 0 Å². The first-order valence-electron chi connectivity index (χ1n) is 10.7. The van der Waals surface area contributed by atoms with Crippen molar-refractivity contribution in [2.75, 3.05) is 26.8 Å². The molecular weight excluding hydrogens is 491 g/mol. The van der Waals surface area contributed by atoms with Gasteiger partial charge in [-0.25, -0.2) is 0 Å². The summed E-state index contributed by atoms with van der Waals surface area (Å²) in [5.41, 5.74) is 4.33. The summed E-state index contributed by atoms with van der Waals surface area (Å²) in [7, 11) is 1.70. The molecule has 3 rings (SSSR count). The number of ether oxygens (including phenoxy) is 1. The van der Waals surface area contributed by atoms with Crippen LogP contribution in [0.25, 0.3) is 0 Å². The van der Waals surface area contributed by atoms with Crippen LogP contribution in [0.3, 0.4) is 0 Å². The third-order valence-electron chi connectivity index (χ3n) is 5.45. The number of methoxy groups -OCH3 is 1. The van der Waals surface area contributed by atoms with Crippen LogP contribution in [-0.4, -0.2) is 47.5 Å². The topological polar surface area (TPSA) is 76.4 Å². The summed E-state index contributed by atoms with van der Waals surface area (Å²) < 4.78 is 7.23. The summed E-state index contributed by atoms with van der Waals surface area (Å²) in [4.78, 5) is 4.66. The molecule has 2 N–H and O–H groups in total. The summed E-state index contributed by atoms with van der Waals surface area (Å²) in [5.74, 6) is 1.80. The van der Waals surface area contributed by atoms with Gasteiger partial charge < -0.3 is 19.9 Å². The number of halogens is 1. The number of fused-ring (bicyclic) bond motifs is 1. The van der Waals surface area contributed by atoms with E-state index in [2.05, 4.69) is 62.4 Å². The molecule has 1 atom stereocenters. The average molecular weight is 526 g/mol. The number of guanidine groups is 1. The van der Waals surface area contributed by atoms with Crippen molar-refractivity contribution in [1.29, 1.82) is 0 Å². The molecule has 1 aliphatic carbocycles. The lowest BCUT2D eigenvalue weighted by atomic mass is 9.89. The van der Waals surface area contributed by atoms with Crippen molar-refractivity contribution in [3.8, 4) is 0 Å². The van der Waals surface area contributed by atoms with E-state index in [1.807, 2.05) is 0 Å². The smallest absolute Gasteiger partial charge is 0.191 e. The second kappa shape index (κ2) is 12.9. The zero-order chi connectivity index (χ0) is 20.5. The van der Waals surface area contributed by atoms with Crippen molar-refractivity contribution in [1.82, 2.24) is 25.4 Å². The van der Waals surface area contributed by atoms with Gasteiger partial charge in [-0.05, 0) is 49.3 Å². The normalized spacial score (nSPS) is 14.6. The molecule has 30 heavy (non-hydrogen) atoms. The number of rotatable bonds is 9. The Kier molecular flexibility index (Phi) is 10.6. The second-order valence-corrected chi connectivity index (χ2v) is 7.55. The van der Waals surface area contributed by atoms with Crippen LogP contribution in [0.5, 0.6) is 0 Å². The third-order valence-corrected chi connectivity index (χ3v) is 5.45. The Hall–Kier alpha value is -1.68. The fourth-order valence-corrected chi connectivity index (χ4v) is 3.75. The second-order valence-electron chi connectivity index (χ2n) is 7.55. The molecule has 0 spiro atoms. The average Bonchev–Trinajstić information content (AvgIpc) is 3.21. The monoisotopic (exact) mass is 526 g/mol. The van der Waals surface area contributed by atoms with Crippen LogP contribution in [0.4, 0.5) is 0 Å². The van der Waals surface area contributed by atoms with Gasteiger partial charge in [0.15, 0.2) is 5.96 Å². The summed E-state index contributed by atoms with van der Waals surface area (Å²) >= 11 is 0. The van der Waals surface area contributed by atoms with Crippen LogP contribution >= 0.6 is 24.0 Å². The molecule has 0 saturated carbocycles. The molecular formula is C22H35IN6O. The molecule has 0 aliphatic heterocycles. The lowest BCUT2D eigenvalue weighted by Gasteiger charge is -2.22. The summed E-state index contributed by atoms with van der Waals surface area (Å²) in [6.45, 7) is 7.05. The van der Waals surface area contributed by atoms with Crippen molar-refractivity contribution >= 4 is 29.9 Å². The molecule has 1 heterocycles. The van der Waals surface area contributed by atoms with Crippen LogP contribution in [0, 0.1) is 0 Å². The summed E-state index contributed by atoms with van der Waals surface area (Å²) in [6.07, 6.45) is 7.68. The maximum absolute atomic E-state index is 5.15. The molecule has 0 saturated heterocycles. The number of aromatic nitrogens is 3. The number of hydrogen-bond acceptors (Lipinski definition) is 4. The van der Waals surface area contributed by atoms with Crippen LogP contribution in [0.15, 0.2) is 29.5 Å².